The lowest BCUT2D eigenvalue weighted by atomic mass is 9.96. The van der Waals surface area contributed by atoms with E-state index in [4.69, 9.17) is 5.84 Å². The SMILES string of the molecule is CC(C)(C)NC(=O)CSc1nnc(C(C)(C)C)n1N. The lowest BCUT2D eigenvalue weighted by Crippen LogP contribution is -2.41. The van der Waals surface area contributed by atoms with Crippen LogP contribution in [0, 0.1) is 0 Å². The minimum atomic E-state index is -0.232. The van der Waals surface area contributed by atoms with Crippen molar-refractivity contribution in [2.75, 3.05) is 11.6 Å². The molecule has 0 saturated carbocycles. The van der Waals surface area contributed by atoms with Crippen LogP contribution >= 0.6 is 11.8 Å². The van der Waals surface area contributed by atoms with Gasteiger partial charge in [0.15, 0.2) is 5.82 Å². The highest BCUT2D eigenvalue weighted by Gasteiger charge is 2.23. The Morgan fingerprint density at radius 2 is 1.84 bits per heavy atom. The lowest BCUT2D eigenvalue weighted by molar-refractivity contribution is -0.119. The topological polar surface area (TPSA) is 85.8 Å². The van der Waals surface area contributed by atoms with E-state index >= 15 is 0 Å². The first-order valence-electron chi connectivity index (χ1n) is 6.15. The summed E-state index contributed by atoms with van der Waals surface area (Å²) in [5.41, 5.74) is -0.404. The molecule has 19 heavy (non-hydrogen) atoms. The zero-order valence-electron chi connectivity index (χ0n) is 12.4. The molecular weight excluding hydrogens is 262 g/mol. The van der Waals surface area contributed by atoms with Crippen molar-refractivity contribution in [2.45, 2.75) is 57.7 Å². The fraction of sp³-hybridized carbons (Fsp3) is 0.750. The van der Waals surface area contributed by atoms with Crippen LogP contribution in [0.5, 0.6) is 0 Å². The van der Waals surface area contributed by atoms with E-state index in [1.807, 2.05) is 41.5 Å². The van der Waals surface area contributed by atoms with Gasteiger partial charge in [-0.15, -0.1) is 10.2 Å². The van der Waals surface area contributed by atoms with Gasteiger partial charge in [-0.05, 0) is 20.8 Å². The smallest absolute Gasteiger partial charge is 0.230 e. The third kappa shape index (κ3) is 4.74. The van der Waals surface area contributed by atoms with E-state index < -0.39 is 0 Å². The first-order chi connectivity index (χ1) is 8.50. The lowest BCUT2D eigenvalue weighted by Gasteiger charge is -2.20. The Kier molecular flexibility index (Phi) is 4.50. The summed E-state index contributed by atoms with van der Waals surface area (Å²) in [6, 6.07) is 0. The van der Waals surface area contributed by atoms with E-state index in [0.717, 1.165) is 0 Å². The first kappa shape index (κ1) is 15.8. The van der Waals surface area contributed by atoms with Gasteiger partial charge in [-0.1, -0.05) is 32.5 Å². The van der Waals surface area contributed by atoms with Gasteiger partial charge in [0.05, 0.1) is 5.75 Å². The van der Waals surface area contributed by atoms with E-state index in [2.05, 4.69) is 15.5 Å². The van der Waals surface area contributed by atoms with Crippen molar-refractivity contribution in [1.29, 1.82) is 0 Å². The highest BCUT2D eigenvalue weighted by atomic mass is 32.2. The zero-order valence-corrected chi connectivity index (χ0v) is 13.3. The number of nitrogens with zero attached hydrogens (tertiary/aromatic N) is 3. The maximum Gasteiger partial charge on any atom is 0.230 e. The average molecular weight is 285 g/mol. The van der Waals surface area contributed by atoms with Gasteiger partial charge < -0.3 is 11.2 Å². The summed E-state index contributed by atoms with van der Waals surface area (Å²) in [4.78, 5) is 11.7. The van der Waals surface area contributed by atoms with Crippen LogP contribution in [-0.2, 0) is 10.2 Å². The predicted molar refractivity (Wildman–Crippen MR) is 77.5 cm³/mol. The van der Waals surface area contributed by atoms with E-state index in [-0.39, 0.29) is 22.6 Å². The van der Waals surface area contributed by atoms with Gasteiger partial charge in [-0.3, -0.25) is 4.79 Å². The first-order valence-corrected chi connectivity index (χ1v) is 7.14. The Bertz CT molecular complexity index is 456. The molecule has 0 unspecified atom stereocenters. The molecular formula is C12H23N5OS. The largest absolute Gasteiger partial charge is 0.351 e. The number of hydrogen-bond acceptors (Lipinski definition) is 5. The van der Waals surface area contributed by atoms with Gasteiger partial charge in [-0.25, -0.2) is 4.68 Å². The number of thioether (sulfide) groups is 1. The molecule has 0 bridgehead atoms. The molecule has 1 amide bonds. The van der Waals surface area contributed by atoms with Crippen molar-refractivity contribution in [3.63, 3.8) is 0 Å². The van der Waals surface area contributed by atoms with Crippen LogP contribution in [-0.4, -0.2) is 32.1 Å². The van der Waals surface area contributed by atoms with E-state index in [9.17, 15) is 4.79 Å². The number of nitrogens with two attached hydrogens (primary N) is 1. The molecule has 0 aromatic carbocycles. The van der Waals surface area contributed by atoms with Gasteiger partial charge >= 0.3 is 0 Å². The van der Waals surface area contributed by atoms with Crippen LogP contribution in [0.3, 0.4) is 0 Å². The molecule has 0 saturated heterocycles. The number of amides is 1. The van der Waals surface area contributed by atoms with Crippen LogP contribution in [0.1, 0.15) is 47.4 Å². The number of nitrogen functional groups attached to an aromatic ring is 1. The van der Waals surface area contributed by atoms with Crippen molar-refractivity contribution in [2.24, 2.45) is 0 Å². The van der Waals surface area contributed by atoms with Crippen molar-refractivity contribution in [3.8, 4) is 0 Å². The van der Waals surface area contributed by atoms with Crippen molar-refractivity contribution in [3.05, 3.63) is 5.82 Å². The standard InChI is InChI=1S/C12H23N5OS/c1-11(2,3)9-15-16-10(17(9)13)19-7-8(18)14-12(4,5)6/h7,13H2,1-6H3,(H,14,18). The third-order valence-corrected chi connectivity index (χ3v) is 3.13. The van der Waals surface area contributed by atoms with Gasteiger partial charge in [0, 0.05) is 11.0 Å². The summed E-state index contributed by atoms with van der Waals surface area (Å²) in [6.07, 6.45) is 0. The average Bonchev–Trinajstić information content (AvgIpc) is 2.53. The highest BCUT2D eigenvalue weighted by molar-refractivity contribution is 7.99. The molecule has 1 rings (SSSR count). The minimum Gasteiger partial charge on any atom is -0.351 e. The van der Waals surface area contributed by atoms with Crippen molar-refractivity contribution < 1.29 is 4.79 Å². The number of rotatable bonds is 3. The maximum atomic E-state index is 11.7. The van der Waals surface area contributed by atoms with Crippen LogP contribution < -0.4 is 11.2 Å². The molecule has 6 nitrogen and oxygen atoms in total. The van der Waals surface area contributed by atoms with Crippen molar-refractivity contribution >= 4 is 17.7 Å². The van der Waals surface area contributed by atoms with E-state index in [1.165, 1.54) is 16.4 Å². The van der Waals surface area contributed by atoms with Crippen LogP contribution in [0.25, 0.3) is 0 Å². The number of hydrogen-bond donors (Lipinski definition) is 2. The van der Waals surface area contributed by atoms with Gasteiger partial charge in [0.1, 0.15) is 0 Å². The zero-order chi connectivity index (χ0) is 14.8. The Hall–Kier alpha value is -1.24. The fourth-order valence-corrected chi connectivity index (χ4v) is 2.13. The van der Waals surface area contributed by atoms with Crippen LogP contribution in [0.4, 0.5) is 0 Å². The number of aromatic nitrogens is 3. The molecule has 0 spiro atoms. The van der Waals surface area contributed by atoms with E-state index in [1.54, 1.807) is 0 Å². The van der Waals surface area contributed by atoms with Crippen molar-refractivity contribution in [1.82, 2.24) is 20.2 Å². The maximum absolute atomic E-state index is 11.7. The highest BCUT2D eigenvalue weighted by Crippen LogP contribution is 2.23. The summed E-state index contributed by atoms with van der Waals surface area (Å²) in [6.45, 7) is 11.9. The second kappa shape index (κ2) is 5.40. The Labute approximate surface area is 118 Å². The van der Waals surface area contributed by atoms with Crippen LogP contribution in [0.15, 0.2) is 5.16 Å². The molecule has 0 aliphatic heterocycles. The Morgan fingerprint density at radius 1 is 1.26 bits per heavy atom. The molecule has 1 aromatic heterocycles. The molecule has 0 radical (unpaired) electrons. The molecule has 7 heteroatoms. The second-order valence-electron chi connectivity index (χ2n) is 6.51. The number of carbonyl (C=O) groups is 1. The summed E-state index contributed by atoms with van der Waals surface area (Å²) >= 11 is 1.29. The third-order valence-electron chi connectivity index (χ3n) is 2.18. The minimum absolute atomic E-state index is 0.0437. The molecule has 0 atom stereocenters. The number of carbonyl (C=O) groups excluding carboxylic acids is 1. The quantitative estimate of drug-likeness (QED) is 0.646. The Balaban J connectivity index is 2.65. The molecule has 108 valence electrons. The van der Waals surface area contributed by atoms with Gasteiger partial charge in [-0.2, -0.15) is 0 Å². The second-order valence-corrected chi connectivity index (χ2v) is 7.46. The fourth-order valence-electron chi connectivity index (χ4n) is 1.47. The van der Waals surface area contributed by atoms with Crippen LogP contribution in [0.2, 0.25) is 0 Å². The summed E-state index contributed by atoms with van der Waals surface area (Å²) in [5.74, 6) is 6.87. The predicted octanol–water partition coefficient (Wildman–Crippen LogP) is 1.30. The summed E-state index contributed by atoms with van der Waals surface area (Å²) in [5, 5.41) is 11.5. The summed E-state index contributed by atoms with van der Waals surface area (Å²) in [7, 11) is 0. The summed E-state index contributed by atoms with van der Waals surface area (Å²) < 4.78 is 1.45. The molecule has 3 N–H and O–H groups in total. The number of nitrogens with one attached hydrogen (secondary N) is 1. The van der Waals surface area contributed by atoms with Gasteiger partial charge in [0.25, 0.3) is 0 Å². The van der Waals surface area contributed by atoms with Gasteiger partial charge in [0.2, 0.25) is 11.1 Å². The molecule has 0 aliphatic carbocycles. The normalized spacial score (nSPS) is 12.5. The molecule has 1 aromatic rings. The molecule has 0 aliphatic rings. The molecule has 1 heterocycles. The Morgan fingerprint density at radius 3 is 2.26 bits per heavy atom. The van der Waals surface area contributed by atoms with E-state index in [0.29, 0.717) is 11.0 Å². The molecule has 0 fully saturated rings. The monoisotopic (exact) mass is 285 g/mol.